The summed E-state index contributed by atoms with van der Waals surface area (Å²) in [5, 5.41) is 29.0. The molecule has 3 fully saturated rings. The van der Waals surface area contributed by atoms with Gasteiger partial charge in [-0.3, -0.25) is 28.8 Å². The fourth-order valence-corrected chi connectivity index (χ4v) is 11.2. The molecule has 3 N–H and O–H groups in total. The second-order valence-corrected chi connectivity index (χ2v) is 19.7. The number of hydrogen-bond donors (Lipinski definition) is 3. The molecule has 1 saturated heterocycles. The number of carbonyl (C=O) groups excluding carboxylic acids is 8. The van der Waals surface area contributed by atoms with E-state index >= 15 is 9.59 Å². The molecule has 0 radical (unpaired) electrons. The number of nitrogens with one attached hydrogen (secondary N) is 1. The predicted molar refractivity (Wildman–Crippen MR) is 256 cm³/mol. The lowest BCUT2D eigenvalue weighted by molar-refractivity contribution is -0.346. The number of rotatable bonds is 17. The number of ketones is 1. The first-order chi connectivity index (χ1) is 34.6. The maximum atomic E-state index is 15.7. The van der Waals surface area contributed by atoms with E-state index in [0.29, 0.717) is 5.56 Å². The molecule has 0 aromatic heterocycles. The fourth-order valence-electron chi connectivity index (χ4n) is 11.2. The summed E-state index contributed by atoms with van der Waals surface area (Å²) < 4.78 is 41.5. The van der Waals surface area contributed by atoms with Crippen LogP contribution in [0, 0.1) is 16.7 Å². The van der Waals surface area contributed by atoms with Crippen LogP contribution in [0.5, 0.6) is 0 Å². The predicted octanol–water partition coefficient (Wildman–Crippen LogP) is 5.53. The Morgan fingerprint density at radius 2 is 1.41 bits per heavy atom. The van der Waals surface area contributed by atoms with Crippen molar-refractivity contribution in [2.24, 2.45) is 16.7 Å². The molecule has 11 atom stereocenters. The van der Waals surface area contributed by atoms with E-state index in [-0.39, 0.29) is 61.0 Å². The van der Waals surface area contributed by atoms with Crippen molar-refractivity contribution < 1.29 is 81.7 Å². The van der Waals surface area contributed by atoms with E-state index in [1.165, 1.54) is 26.0 Å². The number of aliphatic hydroxyl groups is 2. The Morgan fingerprint density at radius 1 is 0.822 bits per heavy atom. The van der Waals surface area contributed by atoms with Crippen molar-refractivity contribution in [3.8, 4) is 0 Å². The standard InChI is InChI=1S/C55H61NO17/c1-8-67-40(60)26-18-19-27-41(61)71-45(43(34-20-12-9-13-21-34)56-49(63)35-22-14-10-15-23-35)51(65)70-37-29-55(66)48(72-50(64)36-24-16-11-17-25-36)46-53(7,38(59)28-39-54(46,30-68-39)73-33(4)58)47(62)44(69-32(3)57)42(31(37)2)52(55,5)6/h8-17,20-25,37-39,43-46,48,59,66H,1,18-19,26-30H2,2-7H3,(H,56,63)/t37?,38?,39?,43?,44?,45?,46?,48?,53-,54?,55?/m1/s1. The quantitative estimate of drug-likeness (QED) is 0.0494. The minimum Gasteiger partial charge on any atom is -0.455 e. The molecule has 3 aliphatic carbocycles. The summed E-state index contributed by atoms with van der Waals surface area (Å²) in [6, 6.07) is 22.6. The molecule has 1 heterocycles. The van der Waals surface area contributed by atoms with Crippen LogP contribution in [0.1, 0.15) is 112 Å². The summed E-state index contributed by atoms with van der Waals surface area (Å²) in [7, 11) is 0. The molecule has 2 saturated carbocycles. The van der Waals surface area contributed by atoms with Gasteiger partial charge in [0.2, 0.25) is 6.10 Å². The maximum Gasteiger partial charge on any atom is 0.350 e. The number of benzene rings is 3. The van der Waals surface area contributed by atoms with Gasteiger partial charge >= 0.3 is 35.8 Å². The highest BCUT2D eigenvalue weighted by atomic mass is 16.6. The van der Waals surface area contributed by atoms with Crippen LogP contribution in [0.2, 0.25) is 0 Å². The Bertz CT molecular complexity index is 2650. The van der Waals surface area contributed by atoms with Crippen molar-refractivity contribution in [2.45, 2.75) is 134 Å². The molecule has 3 aromatic carbocycles. The van der Waals surface area contributed by atoms with E-state index < -0.39 is 125 Å². The van der Waals surface area contributed by atoms with Crippen molar-refractivity contribution in [1.82, 2.24) is 5.32 Å². The SMILES string of the molecule is C=COC(=O)CCCCC(=O)OC(C(=O)OC1CC2(O)C(OC(=O)c3ccccc3)C3C4(OC(C)=O)COC4CC(O)[C@@]3(C)C(=O)C(OC(C)=O)C(=C1C)C2(C)C)C(NC(=O)c1ccccc1)c1ccccc1. The van der Waals surface area contributed by atoms with Crippen molar-refractivity contribution in [2.75, 3.05) is 6.61 Å². The minimum absolute atomic E-state index is 0.0349. The number of amides is 1. The number of ether oxygens (including phenoxy) is 7. The van der Waals surface area contributed by atoms with Gasteiger partial charge in [-0.1, -0.05) is 87.2 Å². The second-order valence-electron chi connectivity index (χ2n) is 19.7. The molecule has 18 nitrogen and oxygen atoms in total. The van der Waals surface area contributed by atoms with Crippen molar-refractivity contribution >= 4 is 47.5 Å². The topological polar surface area (TPSA) is 254 Å². The third kappa shape index (κ3) is 10.3. The van der Waals surface area contributed by atoms with Gasteiger partial charge < -0.3 is 48.7 Å². The molecule has 4 aliphatic rings. The average Bonchev–Trinajstić information content (AvgIpc) is 3.35. The molecule has 1 amide bonds. The van der Waals surface area contributed by atoms with Crippen LogP contribution in [0.3, 0.4) is 0 Å². The Labute approximate surface area is 422 Å². The zero-order chi connectivity index (χ0) is 53.0. The Kier molecular flexibility index (Phi) is 15.9. The molecule has 10 unspecified atom stereocenters. The highest BCUT2D eigenvalue weighted by molar-refractivity contribution is 5.96. The number of hydrogen-bond acceptors (Lipinski definition) is 17. The molecule has 388 valence electrons. The lowest BCUT2D eigenvalue weighted by Gasteiger charge is -2.67. The van der Waals surface area contributed by atoms with Gasteiger partial charge in [0.25, 0.3) is 5.91 Å². The van der Waals surface area contributed by atoms with Gasteiger partial charge in [-0.2, -0.15) is 0 Å². The van der Waals surface area contributed by atoms with E-state index in [4.69, 9.17) is 33.2 Å². The molecule has 3 aromatic rings. The van der Waals surface area contributed by atoms with Gasteiger partial charge in [-0.15, -0.1) is 0 Å². The second kappa shape index (κ2) is 21.6. The van der Waals surface area contributed by atoms with Gasteiger partial charge in [0, 0.05) is 50.5 Å². The van der Waals surface area contributed by atoms with Crippen LogP contribution in [-0.4, -0.2) is 112 Å². The number of aliphatic hydroxyl groups excluding tert-OH is 1. The van der Waals surface area contributed by atoms with Crippen molar-refractivity contribution in [3.05, 3.63) is 132 Å². The van der Waals surface area contributed by atoms with Crippen molar-refractivity contribution in [1.29, 1.82) is 0 Å². The van der Waals surface area contributed by atoms with Gasteiger partial charge in [0.05, 0.1) is 35.9 Å². The zero-order valence-electron chi connectivity index (χ0n) is 41.5. The summed E-state index contributed by atoms with van der Waals surface area (Å²) in [6.45, 7) is 11.2. The number of Topliss-reactive ketones (excluding diaryl/α,β-unsaturated/α-hetero) is 1. The van der Waals surface area contributed by atoms with Crippen LogP contribution in [-0.2, 0) is 61.9 Å². The fraction of sp³-hybridized carbons (Fsp3) is 0.455. The molecule has 2 bridgehead atoms. The summed E-state index contributed by atoms with van der Waals surface area (Å²) in [4.78, 5) is 112. The first-order valence-corrected chi connectivity index (χ1v) is 24.1. The molecule has 0 spiro atoms. The summed E-state index contributed by atoms with van der Waals surface area (Å²) >= 11 is 0. The van der Waals surface area contributed by atoms with E-state index in [0.717, 1.165) is 20.1 Å². The van der Waals surface area contributed by atoms with E-state index in [2.05, 4.69) is 11.9 Å². The first-order valence-electron chi connectivity index (χ1n) is 24.1. The Balaban J connectivity index is 1.38. The third-order valence-electron chi connectivity index (χ3n) is 14.9. The van der Waals surface area contributed by atoms with Crippen molar-refractivity contribution in [3.63, 3.8) is 0 Å². The summed E-state index contributed by atoms with van der Waals surface area (Å²) in [6.07, 6.45) is -9.91. The van der Waals surface area contributed by atoms with Gasteiger partial charge in [0.15, 0.2) is 17.5 Å². The van der Waals surface area contributed by atoms with Crippen LogP contribution in [0.25, 0.3) is 0 Å². The smallest absolute Gasteiger partial charge is 0.350 e. The van der Waals surface area contributed by atoms with Crippen LogP contribution < -0.4 is 5.32 Å². The van der Waals surface area contributed by atoms with Gasteiger partial charge in [-0.05, 0) is 67.7 Å². The normalized spacial score (nSPS) is 28.6. The van der Waals surface area contributed by atoms with Gasteiger partial charge in [-0.25, -0.2) is 9.59 Å². The highest BCUT2D eigenvalue weighted by Gasteiger charge is 2.78. The molecule has 73 heavy (non-hydrogen) atoms. The monoisotopic (exact) mass is 1010 g/mol. The largest absolute Gasteiger partial charge is 0.455 e. The molecule has 7 rings (SSSR count). The zero-order valence-corrected chi connectivity index (χ0v) is 41.5. The highest BCUT2D eigenvalue weighted by Crippen LogP contribution is 2.64. The molecular weight excluding hydrogens is 947 g/mol. The Morgan fingerprint density at radius 3 is 1.97 bits per heavy atom. The maximum absolute atomic E-state index is 15.7. The van der Waals surface area contributed by atoms with Crippen LogP contribution in [0.4, 0.5) is 0 Å². The Hall–Kier alpha value is -7.02. The van der Waals surface area contributed by atoms with Crippen LogP contribution in [0.15, 0.2) is 115 Å². The van der Waals surface area contributed by atoms with E-state index in [1.807, 2.05) is 0 Å². The third-order valence-corrected chi connectivity index (χ3v) is 14.9. The molecular formula is C55H61NO17. The minimum atomic E-state index is -2.48. The molecule has 18 heteroatoms. The lowest BCUT2D eigenvalue weighted by Crippen LogP contribution is -2.82. The number of carbonyl (C=O) groups is 8. The van der Waals surface area contributed by atoms with Gasteiger partial charge in [0.1, 0.15) is 30.0 Å². The number of unbranched alkanes of at least 4 members (excludes halogenated alkanes) is 1. The average molecular weight is 1010 g/mol. The van der Waals surface area contributed by atoms with E-state index in [1.54, 1.807) is 92.7 Å². The number of esters is 6. The van der Waals surface area contributed by atoms with Crippen LogP contribution >= 0.6 is 0 Å². The lowest BCUT2D eigenvalue weighted by atomic mass is 9.44. The summed E-state index contributed by atoms with van der Waals surface area (Å²) in [5.74, 6) is -8.59. The number of fused-ring (bicyclic) bond motifs is 5. The molecule has 1 aliphatic heterocycles. The van der Waals surface area contributed by atoms with E-state index in [9.17, 15) is 39.0 Å². The summed E-state index contributed by atoms with van der Waals surface area (Å²) in [5.41, 5.74) is -7.55. The first kappa shape index (κ1) is 53.8.